The highest BCUT2D eigenvalue weighted by atomic mass is 16.5. The van der Waals surface area contributed by atoms with E-state index < -0.39 is 0 Å². The normalized spacial score (nSPS) is 8.40. The molecule has 192 valence electrons. The van der Waals surface area contributed by atoms with Crippen LogP contribution in [0.1, 0.15) is 83.1 Å². The topological polar surface area (TPSA) is 55.4 Å². The van der Waals surface area contributed by atoms with Crippen LogP contribution in [-0.4, -0.2) is 79.3 Å². The van der Waals surface area contributed by atoms with Gasteiger partial charge in [0.15, 0.2) is 0 Å². The zero-order chi connectivity index (χ0) is 24.7. The van der Waals surface area contributed by atoms with E-state index in [0.717, 1.165) is 79.3 Å². The van der Waals surface area contributed by atoms with Crippen molar-refractivity contribution in [2.75, 3.05) is 79.3 Å². The lowest BCUT2D eigenvalue weighted by Crippen LogP contribution is -1.84. The van der Waals surface area contributed by atoms with Crippen LogP contribution in [0.15, 0.2) is 0 Å². The van der Waals surface area contributed by atoms with Crippen molar-refractivity contribution in [1.82, 2.24) is 0 Å². The van der Waals surface area contributed by atoms with Crippen molar-refractivity contribution in [3.63, 3.8) is 0 Å². The largest absolute Gasteiger partial charge is 0.382 e. The second-order valence-electron chi connectivity index (χ2n) is 4.69. The van der Waals surface area contributed by atoms with Gasteiger partial charge in [0, 0.05) is 79.3 Å². The highest BCUT2D eigenvalue weighted by Crippen LogP contribution is 1.66. The van der Waals surface area contributed by atoms with Crippen molar-refractivity contribution in [3.8, 4) is 0 Å². The van der Waals surface area contributed by atoms with E-state index in [2.05, 4.69) is 0 Å². The summed E-state index contributed by atoms with van der Waals surface area (Å²) in [6.07, 6.45) is 0. The molecule has 30 heavy (non-hydrogen) atoms. The van der Waals surface area contributed by atoms with Gasteiger partial charge in [-0.2, -0.15) is 0 Å². The summed E-state index contributed by atoms with van der Waals surface area (Å²) in [6.45, 7) is 34.0. The van der Waals surface area contributed by atoms with Crippen LogP contribution in [0.4, 0.5) is 0 Å². The summed E-state index contributed by atoms with van der Waals surface area (Å²) in [5.74, 6) is 0. The Morgan fingerprint density at radius 3 is 0.267 bits per heavy atom. The maximum Gasteiger partial charge on any atom is 0.0437 e. The molecule has 0 amide bonds. The Bertz CT molecular complexity index is 113. The maximum atomic E-state index is 4.83. The van der Waals surface area contributed by atoms with Gasteiger partial charge >= 0.3 is 0 Å². The molecule has 0 rings (SSSR count). The molecule has 6 nitrogen and oxygen atoms in total. The molecule has 0 fully saturated rings. The van der Waals surface area contributed by atoms with Crippen LogP contribution in [0.3, 0.4) is 0 Å². The average Bonchev–Trinajstić information content (AvgIpc) is 2.74. The van der Waals surface area contributed by atoms with Crippen LogP contribution in [0, 0.1) is 0 Å². The van der Waals surface area contributed by atoms with Crippen molar-refractivity contribution in [1.29, 1.82) is 0 Å². The predicted molar refractivity (Wildman–Crippen MR) is 133 cm³/mol. The van der Waals surface area contributed by atoms with E-state index in [4.69, 9.17) is 28.4 Å². The first-order chi connectivity index (χ1) is 14.5. The average molecular weight is 445 g/mol. The van der Waals surface area contributed by atoms with E-state index in [-0.39, 0.29) is 0 Å². The molecule has 0 aliphatic carbocycles. The van der Waals surface area contributed by atoms with Crippen LogP contribution in [0.25, 0.3) is 0 Å². The minimum atomic E-state index is 0.844. The van der Waals surface area contributed by atoms with Gasteiger partial charge < -0.3 is 28.4 Å². The van der Waals surface area contributed by atoms with Crippen LogP contribution in [0.2, 0.25) is 0 Å². The van der Waals surface area contributed by atoms with Crippen LogP contribution in [0.5, 0.6) is 0 Å². The Hall–Kier alpha value is -0.240. The van der Waals surface area contributed by atoms with Gasteiger partial charge in [0.25, 0.3) is 0 Å². The molecule has 0 heterocycles. The molecule has 0 spiro atoms. The van der Waals surface area contributed by atoms with Crippen molar-refractivity contribution in [3.05, 3.63) is 0 Å². The lowest BCUT2D eigenvalue weighted by atomic mass is 10.8. The quantitative estimate of drug-likeness (QED) is 0.354. The van der Waals surface area contributed by atoms with Gasteiger partial charge in [0.05, 0.1) is 0 Å². The Balaban J connectivity index is -0.0000000576. The lowest BCUT2D eigenvalue weighted by Gasteiger charge is -1.86. The van der Waals surface area contributed by atoms with Crippen LogP contribution < -0.4 is 0 Å². The molecule has 6 heteroatoms. The van der Waals surface area contributed by atoms with E-state index in [0.29, 0.717) is 0 Å². The summed E-state index contributed by atoms with van der Waals surface area (Å²) in [4.78, 5) is 0. The Morgan fingerprint density at radius 1 is 0.200 bits per heavy atom. The summed E-state index contributed by atoms with van der Waals surface area (Å²) < 4.78 is 29.0. The van der Waals surface area contributed by atoms with Crippen molar-refractivity contribution < 1.29 is 28.4 Å². The van der Waals surface area contributed by atoms with Gasteiger partial charge in [-0.05, 0) is 83.1 Å². The molecular formula is C24H60O6. The van der Waals surface area contributed by atoms with Gasteiger partial charge in [-0.1, -0.05) is 0 Å². The number of ether oxygens (including phenoxy) is 6. The van der Waals surface area contributed by atoms with E-state index in [9.17, 15) is 0 Å². The smallest absolute Gasteiger partial charge is 0.0437 e. The molecule has 0 saturated carbocycles. The zero-order valence-electron chi connectivity index (χ0n) is 22.9. The van der Waals surface area contributed by atoms with Gasteiger partial charge in [0.2, 0.25) is 0 Å². The molecule has 0 atom stereocenters. The van der Waals surface area contributed by atoms with Gasteiger partial charge in [-0.25, -0.2) is 0 Å². The van der Waals surface area contributed by atoms with Crippen molar-refractivity contribution in [2.45, 2.75) is 83.1 Å². The predicted octanol–water partition coefficient (Wildman–Crippen LogP) is 6.26. The number of hydrogen-bond acceptors (Lipinski definition) is 6. The van der Waals surface area contributed by atoms with Gasteiger partial charge in [-0.3, -0.25) is 0 Å². The number of rotatable bonds is 12. The summed E-state index contributed by atoms with van der Waals surface area (Å²) in [7, 11) is 0. The fourth-order valence-corrected chi connectivity index (χ4v) is 1.22. The summed E-state index contributed by atoms with van der Waals surface area (Å²) in [6, 6.07) is 0. The molecule has 0 radical (unpaired) electrons. The third-order valence-electron chi connectivity index (χ3n) is 2.45. The first-order valence-electron chi connectivity index (χ1n) is 11.9. The second-order valence-corrected chi connectivity index (χ2v) is 4.69. The molecule has 0 aliphatic rings. The fraction of sp³-hybridized carbons (Fsp3) is 1.00. The van der Waals surface area contributed by atoms with E-state index in [1.807, 2.05) is 83.1 Å². The molecule has 0 bridgehead atoms. The van der Waals surface area contributed by atoms with E-state index in [1.165, 1.54) is 0 Å². The third kappa shape index (κ3) is 144. The fourth-order valence-electron chi connectivity index (χ4n) is 1.22. The van der Waals surface area contributed by atoms with Crippen molar-refractivity contribution >= 4 is 0 Å². The molecule has 0 N–H and O–H groups in total. The molecule has 0 saturated heterocycles. The van der Waals surface area contributed by atoms with Gasteiger partial charge in [-0.15, -0.1) is 0 Å². The standard InChI is InChI=1S/6C4H10O/c6*1-3-5-4-2/h6*3-4H2,1-2H3. The highest BCUT2D eigenvalue weighted by Gasteiger charge is 1.66. The minimum Gasteiger partial charge on any atom is -0.382 e. The van der Waals surface area contributed by atoms with Crippen LogP contribution in [-0.2, 0) is 28.4 Å². The van der Waals surface area contributed by atoms with Crippen molar-refractivity contribution in [2.24, 2.45) is 0 Å². The molecular weight excluding hydrogens is 384 g/mol. The summed E-state index contributed by atoms with van der Waals surface area (Å²) in [5.41, 5.74) is 0. The molecule has 0 aromatic carbocycles. The van der Waals surface area contributed by atoms with E-state index in [1.54, 1.807) is 0 Å². The monoisotopic (exact) mass is 444 g/mol. The molecule has 0 aromatic rings. The Labute approximate surface area is 191 Å². The number of hydrogen-bond donors (Lipinski definition) is 0. The summed E-state index contributed by atoms with van der Waals surface area (Å²) >= 11 is 0. The van der Waals surface area contributed by atoms with E-state index >= 15 is 0 Å². The third-order valence-corrected chi connectivity index (χ3v) is 2.45. The second kappa shape index (κ2) is 70.3. The maximum absolute atomic E-state index is 4.83. The van der Waals surface area contributed by atoms with Crippen LogP contribution >= 0.6 is 0 Å². The Kier molecular flexibility index (Phi) is 102. The summed E-state index contributed by atoms with van der Waals surface area (Å²) in [5, 5.41) is 0. The van der Waals surface area contributed by atoms with Gasteiger partial charge in [0.1, 0.15) is 0 Å². The first kappa shape index (κ1) is 43.6. The zero-order valence-corrected chi connectivity index (χ0v) is 22.9. The highest BCUT2D eigenvalue weighted by molar-refractivity contribution is 4.09. The Morgan fingerprint density at radius 2 is 0.267 bits per heavy atom. The first-order valence-corrected chi connectivity index (χ1v) is 11.9. The lowest BCUT2D eigenvalue weighted by molar-refractivity contribution is 0.162. The molecule has 0 aliphatic heterocycles. The molecule has 0 aromatic heterocycles. The molecule has 0 unspecified atom stereocenters. The minimum absolute atomic E-state index is 0.844. The SMILES string of the molecule is CCOCC.CCOCC.CCOCC.CCOCC.CCOCC.CCOCC.